The summed E-state index contributed by atoms with van der Waals surface area (Å²) in [5.41, 5.74) is 1.90. The van der Waals surface area contributed by atoms with Crippen molar-refractivity contribution < 1.29 is 19.1 Å². The van der Waals surface area contributed by atoms with Crippen LogP contribution < -0.4 is 4.74 Å². The second-order valence-electron chi connectivity index (χ2n) is 7.82. The maximum absolute atomic E-state index is 13.3. The first-order valence-electron chi connectivity index (χ1n) is 11.0. The molecule has 0 saturated carbocycles. The van der Waals surface area contributed by atoms with Gasteiger partial charge in [-0.15, -0.1) is 0 Å². The number of esters is 1. The van der Waals surface area contributed by atoms with Crippen LogP contribution in [0.1, 0.15) is 36.9 Å². The summed E-state index contributed by atoms with van der Waals surface area (Å²) in [5.74, 6) is 0.129. The molecule has 1 amide bonds. The number of carbonyl (C=O) groups excluding carboxylic acids is 2. The quantitative estimate of drug-likeness (QED) is 0.547. The third kappa shape index (κ3) is 6.56. The number of para-hydroxylation sites is 1. The van der Waals surface area contributed by atoms with Crippen molar-refractivity contribution in [1.82, 2.24) is 9.80 Å². The molecular weight excluding hydrogens is 392 g/mol. The molecule has 1 atom stereocenters. The average Bonchev–Trinajstić information content (AvgIpc) is 3.30. The number of ether oxygens (including phenoxy) is 2. The highest BCUT2D eigenvalue weighted by atomic mass is 16.6. The summed E-state index contributed by atoms with van der Waals surface area (Å²) in [6.45, 7) is 4.88. The minimum atomic E-state index is -0.421. The van der Waals surface area contributed by atoms with E-state index in [2.05, 4.69) is 17.0 Å². The van der Waals surface area contributed by atoms with Gasteiger partial charge < -0.3 is 19.3 Å². The highest BCUT2D eigenvalue weighted by Gasteiger charge is 2.26. The van der Waals surface area contributed by atoms with E-state index >= 15 is 0 Å². The smallest absolute Gasteiger partial charge is 0.344 e. The van der Waals surface area contributed by atoms with Gasteiger partial charge in [0.1, 0.15) is 5.75 Å². The minimum absolute atomic E-state index is 0.0141. The molecule has 3 rings (SSSR count). The third-order valence-corrected chi connectivity index (χ3v) is 5.64. The first kappa shape index (κ1) is 22.8. The molecule has 166 valence electrons. The van der Waals surface area contributed by atoms with Gasteiger partial charge in [-0.05, 0) is 44.5 Å². The van der Waals surface area contributed by atoms with Gasteiger partial charge >= 0.3 is 5.97 Å². The number of nitrogens with zero attached hydrogens (tertiary/aromatic N) is 2. The van der Waals surface area contributed by atoms with Crippen LogP contribution in [0.5, 0.6) is 5.75 Å². The Morgan fingerprint density at radius 2 is 1.71 bits per heavy atom. The number of hydrogen-bond acceptors (Lipinski definition) is 5. The number of amides is 1. The first-order chi connectivity index (χ1) is 15.1. The molecule has 1 saturated heterocycles. The summed E-state index contributed by atoms with van der Waals surface area (Å²) in [7, 11) is 1.87. The van der Waals surface area contributed by atoms with Crippen LogP contribution >= 0.6 is 0 Å². The summed E-state index contributed by atoms with van der Waals surface area (Å²) < 4.78 is 10.6. The van der Waals surface area contributed by atoms with Crippen LogP contribution in [0.25, 0.3) is 0 Å². The second kappa shape index (κ2) is 11.5. The lowest BCUT2D eigenvalue weighted by Crippen LogP contribution is -2.39. The van der Waals surface area contributed by atoms with Crippen LogP contribution in [0, 0.1) is 0 Å². The lowest BCUT2D eigenvalue weighted by molar-refractivity contribution is -0.145. The molecular formula is C25H32N2O4. The molecule has 6 nitrogen and oxygen atoms in total. The van der Waals surface area contributed by atoms with Crippen molar-refractivity contribution in [3.05, 3.63) is 65.7 Å². The maximum atomic E-state index is 13.3. The maximum Gasteiger partial charge on any atom is 0.344 e. The topological polar surface area (TPSA) is 59.1 Å². The van der Waals surface area contributed by atoms with Crippen LogP contribution in [0.4, 0.5) is 0 Å². The molecule has 1 fully saturated rings. The number of benzene rings is 2. The fourth-order valence-corrected chi connectivity index (χ4v) is 3.93. The molecule has 0 unspecified atom stereocenters. The summed E-state index contributed by atoms with van der Waals surface area (Å²) in [4.78, 5) is 29.2. The normalized spacial score (nSPS) is 14.8. The molecule has 2 aromatic rings. The Balaban J connectivity index is 1.71. The van der Waals surface area contributed by atoms with E-state index in [1.807, 2.05) is 48.3 Å². The van der Waals surface area contributed by atoms with E-state index in [9.17, 15) is 9.59 Å². The minimum Gasteiger partial charge on any atom is -0.482 e. The SMILES string of the molecule is CCOC(=O)COc1ccccc1CC(=O)N(C)[C@H](CN1CCCC1)c1ccccc1. The zero-order valence-corrected chi connectivity index (χ0v) is 18.5. The Morgan fingerprint density at radius 1 is 1.03 bits per heavy atom. The third-order valence-electron chi connectivity index (χ3n) is 5.64. The molecule has 6 heteroatoms. The van der Waals surface area contributed by atoms with Gasteiger partial charge in [0, 0.05) is 19.2 Å². The Hall–Kier alpha value is -2.86. The fourth-order valence-electron chi connectivity index (χ4n) is 3.93. The number of carbonyl (C=O) groups is 2. The van der Waals surface area contributed by atoms with Gasteiger partial charge in [-0.2, -0.15) is 0 Å². The van der Waals surface area contributed by atoms with E-state index in [0.717, 1.165) is 30.8 Å². The Morgan fingerprint density at radius 3 is 2.42 bits per heavy atom. The van der Waals surface area contributed by atoms with E-state index in [1.54, 1.807) is 13.0 Å². The number of likely N-dealkylation sites (N-methyl/N-ethyl adjacent to an activating group) is 1. The van der Waals surface area contributed by atoms with Crippen LogP contribution in [0.3, 0.4) is 0 Å². The van der Waals surface area contributed by atoms with Crippen molar-refractivity contribution in [1.29, 1.82) is 0 Å². The molecule has 0 aromatic heterocycles. The number of hydrogen-bond donors (Lipinski definition) is 0. The molecule has 0 spiro atoms. The summed E-state index contributed by atoms with van der Waals surface area (Å²) in [5, 5.41) is 0. The van der Waals surface area contributed by atoms with Gasteiger partial charge in [0.05, 0.1) is 19.1 Å². The number of likely N-dealkylation sites (tertiary alicyclic amines) is 1. The monoisotopic (exact) mass is 424 g/mol. The highest BCUT2D eigenvalue weighted by Crippen LogP contribution is 2.25. The predicted octanol–water partition coefficient (Wildman–Crippen LogP) is 3.47. The van der Waals surface area contributed by atoms with Gasteiger partial charge in [-0.25, -0.2) is 4.79 Å². The van der Waals surface area contributed by atoms with Gasteiger partial charge in [0.25, 0.3) is 0 Å². The molecule has 31 heavy (non-hydrogen) atoms. The van der Waals surface area contributed by atoms with Crippen molar-refractivity contribution in [3.8, 4) is 5.75 Å². The van der Waals surface area contributed by atoms with Crippen molar-refractivity contribution in [3.63, 3.8) is 0 Å². The van der Waals surface area contributed by atoms with E-state index in [0.29, 0.717) is 12.4 Å². The molecule has 0 bridgehead atoms. The van der Waals surface area contributed by atoms with Crippen LogP contribution in [-0.2, 0) is 20.7 Å². The van der Waals surface area contributed by atoms with Crippen LogP contribution in [0.15, 0.2) is 54.6 Å². The fraction of sp³-hybridized carbons (Fsp3) is 0.440. The van der Waals surface area contributed by atoms with Crippen molar-refractivity contribution in [2.45, 2.75) is 32.2 Å². The zero-order chi connectivity index (χ0) is 22.1. The van der Waals surface area contributed by atoms with Gasteiger partial charge in [-0.1, -0.05) is 48.5 Å². The first-order valence-corrected chi connectivity index (χ1v) is 11.0. The standard InChI is InChI=1S/C25H32N2O4/c1-3-30-25(29)19-31-23-14-8-7-13-21(23)17-24(28)26(2)22(18-27-15-9-10-16-27)20-11-5-4-6-12-20/h4-8,11-14,22H,3,9-10,15-19H2,1-2H3/t22-/m1/s1. The van der Waals surface area contributed by atoms with Gasteiger partial charge in [0.15, 0.2) is 6.61 Å². The zero-order valence-electron chi connectivity index (χ0n) is 18.5. The van der Waals surface area contributed by atoms with Crippen molar-refractivity contribution in [2.24, 2.45) is 0 Å². The lowest BCUT2D eigenvalue weighted by atomic mass is 10.0. The lowest BCUT2D eigenvalue weighted by Gasteiger charge is -2.32. The Bertz CT molecular complexity index is 850. The van der Waals surface area contributed by atoms with Gasteiger partial charge in [-0.3, -0.25) is 4.79 Å². The van der Waals surface area contributed by atoms with Crippen LogP contribution in [0.2, 0.25) is 0 Å². The largest absolute Gasteiger partial charge is 0.482 e. The molecule has 1 heterocycles. The van der Waals surface area contributed by atoms with E-state index in [4.69, 9.17) is 9.47 Å². The van der Waals surface area contributed by atoms with Crippen molar-refractivity contribution >= 4 is 11.9 Å². The van der Waals surface area contributed by atoms with Crippen molar-refractivity contribution in [2.75, 3.05) is 39.9 Å². The second-order valence-corrected chi connectivity index (χ2v) is 7.82. The molecule has 0 aliphatic carbocycles. The molecule has 2 aromatic carbocycles. The molecule has 0 N–H and O–H groups in total. The molecule has 1 aliphatic heterocycles. The highest BCUT2D eigenvalue weighted by molar-refractivity contribution is 5.80. The van der Waals surface area contributed by atoms with E-state index in [-0.39, 0.29) is 25.0 Å². The summed E-state index contributed by atoms with van der Waals surface area (Å²) in [6.07, 6.45) is 2.63. The van der Waals surface area contributed by atoms with E-state index in [1.165, 1.54) is 12.8 Å². The number of rotatable bonds is 10. The molecule has 0 radical (unpaired) electrons. The Labute approximate surface area is 184 Å². The summed E-state index contributed by atoms with van der Waals surface area (Å²) >= 11 is 0. The molecule has 1 aliphatic rings. The van der Waals surface area contributed by atoms with Gasteiger partial charge in [0.2, 0.25) is 5.91 Å². The van der Waals surface area contributed by atoms with E-state index < -0.39 is 5.97 Å². The summed E-state index contributed by atoms with van der Waals surface area (Å²) in [6, 6.07) is 17.5. The Kier molecular flexibility index (Phi) is 8.47. The van der Waals surface area contributed by atoms with Crippen LogP contribution in [-0.4, -0.2) is 61.6 Å². The average molecular weight is 425 g/mol. The predicted molar refractivity (Wildman–Crippen MR) is 120 cm³/mol.